The van der Waals surface area contributed by atoms with Crippen LogP contribution in [0.15, 0.2) is 78.4 Å². The maximum Gasteiger partial charge on any atom is 0.227 e. The second-order valence-corrected chi connectivity index (χ2v) is 11.6. The number of aromatic nitrogens is 1. The fraction of sp³-hybridized carbons (Fsp3) is 0.412. The smallest absolute Gasteiger partial charge is 0.227 e. The van der Waals surface area contributed by atoms with Crippen LogP contribution in [-0.4, -0.2) is 48.7 Å². The van der Waals surface area contributed by atoms with Gasteiger partial charge in [0.25, 0.3) is 0 Å². The molecule has 5 nitrogen and oxygen atoms in total. The molecule has 1 amide bonds. The minimum Gasteiger partial charge on any atom is -0.471 e. The van der Waals surface area contributed by atoms with Gasteiger partial charge in [0.15, 0.2) is 0 Å². The van der Waals surface area contributed by atoms with Gasteiger partial charge >= 0.3 is 0 Å². The van der Waals surface area contributed by atoms with E-state index in [4.69, 9.17) is 15.5 Å². The zero-order chi connectivity index (χ0) is 28.0. The number of nitrogens with two attached hydrogens (primary N) is 1. The molecule has 39 heavy (non-hydrogen) atoms. The maximum atomic E-state index is 12.4. The van der Waals surface area contributed by atoms with Gasteiger partial charge in [-0.3, -0.25) is 4.79 Å². The Morgan fingerprint density at radius 2 is 1.82 bits per heavy atom. The van der Waals surface area contributed by atoms with E-state index in [0.717, 1.165) is 64.8 Å². The molecule has 1 aliphatic rings. The van der Waals surface area contributed by atoms with Crippen molar-refractivity contribution in [3.63, 3.8) is 0 Å². The Bertz CT molecular complexity index is 1360. The van der Waals surface area contributed by atoms with Crippen LogP contribution in [0.2, 0.25) is 0 Å². The second kappa shape index (κ2) is 12.2. The predicted octanol–water partition coefficient (Wildman–Crippen LogP) is 6.72. The van der Waals surface area contributed by atoms with Crippen molar-refractivity contribution in [2.75, 3.05) is 27.2 Å². The van der Waals surface area contributed by atoms with Crippen molar-refractivity contribution < 1.29 is 14.0 Å². The molecule has 2 atom stereocenters. The number of amides is 1. The van der Waals surface area contributed by atoms with Gasteiger partial charge in [0, 0.05) is 23.1 Å². The molecular formula is C34H44N3O2+. The number of quaternary nitrogens is 1. The van der Waals surface area contributed by atoms with E-state index in [1.54, 1.807) is 0 Å². The van der Waals surface area contributed by atoms with E-state index in [1.807, 2.05) is 31.2 Å². The molecule has 2 N–H and O–H groups in total. The Hall–Kier alpha value is -3.44. The Balaban J connectivity index is 1.57. The average Bonchev–Trinajstić information content (AvgIpc) is 2.93. The number of hydrogen-bond donors (Lipinski definition) is 1. The molecule has 0 saturated carbocycles. The fourth-order valence-corrected chi connectivity index (χ4v) is 5.69. The third-order valence-corrected chi connectivity index (χ3v) is 8.21. The number of ether oxygens (including phenoxy) is 1. The molecule has 3 aromatic rings. The molecule has 2 aromatic carbocycles. The van der Waals surface area contributed by atoms with Crippen LogP contribution >= 0.6 is 0 Å². The fourth-order valence-electron chi connectivity index (χ4n) is 5.69. The minimum atomic E-state index is -0.692. The highest BCUT2D eigenvalue weighted by Gasteiger charge is 2.38. The number of allylic oxidation sites excluding steroid dienone is 1. The number of nitrogens with zero attached hydrogens (tertiary/aromatic N) is 2. The van der Waals surface area contributed by atoms with Crippen LogP contribution in [0.1, 0.15) is 57.7 Å². The summed E-state index contributed by atoms with van der Waals surface area (Å²) in [5.41, 5.74) is 9.74. The monoisotopic (exact) mass is 526 g/mol. The number of unbranched alkanes of at least 4 members (excludes halogenated alkanes) is 1. The lowest BCUT2D eigenvalue weighted by molar-refractivity contribution is -0.909. The molecule has 4 rings (SSSR count). The van der Waals surface area contributed by atoms with Crippen LogP contribution in [0.3, 0.4) is 0 Å². The number of fused-ring (bicyclic) bond motifs is 1. The van der Waals surface area contributed by atoms with E-state index in [-0.39, 0.29) is 11.9 Å². The number of carbonyl (C=O) groups excluding carboxylic acids is 1. The van der Waals surface area contributed by atoms with Crippen molar-refractivity contribution in [1.29, 1.82) is 0 Å². The molecule has 0 saturated heterocycles. The van der Waals surface area contributed by atoms with Gasteiger partial charge in [-0.25, -0.2) is 4.98 Å². The molecular weight excluding hydrogens is 482 g/mol. The minimum absolute atomic E-state index is 0.234. The van der Waals surface area contributed by atoms with Crippen LogP contribution in [-0.2, 0) is 11.2 Å². The average molecular weight is 527 g/mol. The number of pyridine rings is 1. The quantitative estimate of drug-likeness (QED) is 0.267. The van der Waals surface area contributed by atoms with Gasteiger partial charge in [0.1, 0.15) is 19.2 Å². The number of rotatable bonds is 12. The largest absolute Gasteiger partial charge is 0.471 e. The van der Waals surface area contributed by atoms with Gasteiger partial charge in [-0.1, -0.05) is 81.0 Å². The standard InChI is InChI=1S/C34H43N3O2/c1-6-8-17-27-23-26-16-12-13-18-28(26)32(36-27)39-22-21-37(4,5)31(7-2)29-19-20-34(3,33(35)38)24-30(29)25-14-10-9-11-15-25/h9-16,18-19,23-24,31H,6-8,17,20-22H2,1-5H3,(H-,35,38)/p+1/t31-,34+/m1/s1. The summed E-state index contributed by atoms with van der Waals surface area (Å²) in [5, 5.41) is 2.24. The van der Waals surface area contributed by atoms with Crippen LogP contribution in [0, 0.1) is 5.41 Å². The van der Waals surface area contributed by atoms with Gasteiger partial charge in [-0.2, -0.15) is 0 Å². The Kier molecular flexibility index (Phi) is 8.91. The van der Waals surface area contributed by atoms with Crippen molar-refractivity contribution in [3.05, 3.63) is 89.6 Å². The molecule has 0 radical (unpaired) electrons. The zero-order valence-corrected chi connectivity index (χ0v) is 24.2. The summed E-state index contributed by atoms with van der Waals surface area (Å²) in [5.74, 6) is 0.438. The number of hydrogen-bond acceptors (Lipinski definition) is 3. The first-order chi connectivity index (χ1) is 18.7. The lowest BCUT2D eigenvalue weighted by Gasteiger charge is -2.41. The summed E-state index contributed by atoms with van der Waals surface area (Å²) in [6, 6.07) is 21.1. The van der Waals surface area contributed by atoms with Crippen LogP contribution < -0.4 is 10.5 Å². The molecule has 0 bridgehead atoms. The van der Waals surface area contributed by atoms with Gasteiger partial charge in [0.05, 0.1) is 19.5 Å². The first kappa shape index (κ1) is 28.6. The van der Waals surface area contributed by atoms with Crippen LogP contribution in [0.5, 0.6) is 5.88 Å². The molecule has 0 aliphatic heterocycles. The van der Waals surface area contributed by atoms with E-state index in [1.165, 1.54) is 11.0 Å². The highest BCUT2D eigenvalue weighted by Crippen LogP contribution is 2.41. The second-order valence-electron chi connectivity index (χ2n) is 11.6. The first-order valence-corrected chi connectivity index (χ1v) is 14.3. The summed E-state index contributed by atoms with van der Waals surface area (Å²) in [4.78, 5) is 17.3. The van der Waals surface area contributed by atoms with E-state index in [2.05, 4.69) is 76.5 Å². The predicted molar refractivity (Wildman–Crippen MR) is 161 cm³/mol. The van der Waals surface area contributed by atoms with Crippen molar-refractivity contribution in [1.82, 2.24) is 4.98 Å². The number of aryl methyl sites for hydroxylation is 1. The van der Waals surface area contributed by atoms with Gasteiger partial charge in [-0.15, -0.1) is 0 Å². The number of primary amides is 1. The molecule has 0 spiro atoms. The molecule has 1 aromatic heterocycles. The van der Waals surface area contributed by atoms with Crippen molar-refractivity contribution in [3.8, 4) is 5.88 Å². The zero-order valence-electron chi connectivity index (χ0n) is 24.2. The Morgan fingerprint density at radius 1 is 1.10 bits per heavy atom. The SMILES string of the molecule is CCCCc1cc2ccccc2c(OCC[N+](C)(C)[C@H](CC)C2=CC[C@](C)(C(N)=O)C=C2c2ccccc2)n1. The summed E-state index contributed by atoms with van der Waals surface area (Å²) in [6.45, 7) is 7.77. The van der Waals surface area contributed by atoms with Crippen LogP contribution in [0.4, 0.5) is 0 Å². The van der Waals surface area contributed by atoms with Gasteiger partial charge in [0.2, 0.25) is 11.8 Å². The molecule has 0 fully saturated rings. The van der Waals surface area contributed by atoms with Gasteiger partial charge in [-0.05, 0) is 54.8 Å². The normalized spacial score (nSPS) is 18.4. The Morgan fingerprint density at radius 3 is 2.51 bits per heavy atom. The van der Waals surface area contributed by atoms with Crippen molar-refractivity contribution >= 4 is 22.3 Å². The van der Waals surface area contributed by atoms with E-state index >= 15 is 0 Å². The third kappa shape index (κ3) is 6.42. The summed E-state index contributed by atoms with van der Waals surface area (Å²) in [6.07, 6.45) is 9.14. The van der Waals surface area contributed by atoms with Gasteiger partial charge < -0.3 is 15.0 Å². The summed E-state index contributed by atoms with van der Waals surface area (Å²) in [7, 11) is 4.54. The topological polar surface area (TPSA) is 65.2 Å². The molecule has 1 aliphatic carbocycles. The van der Waals surface area contributed by atoms with Crippen LogP contribution in [0.25, 0.3) is 16.3 Å². The number of benzene rings is 2. The summed E-state index contributed by atoms with van der Waals surface area (Å²) >= 11 is 0. The van der Waals surface area contributed by atoms with Crippen molar-refractivity contribution in [2.24, 2.45) is 11.1 Å². The highest BCUT2D eigenvalue weighted by atomic mass is 16.5. The molecule has 0 unspecified atom stereocenters. The maximum absolute atomic E-state index is 12.4. The molecule has 5 heteroatoms. The van der Waals surface area contributed by atoms with E-state index < -0.39 is 5.41 Å². The molecule has 206 valence electrons. The number of carbonyl (C=O) groups is 1. The van der Waals surface area contributed by atoms with Crippen molar-refractivity contribution in [2.45, 2.75) is 58.9 Å². The highest BCUT2D eigenvalue weighted by molar-refractivity contribution is 5.90. The lowest BCUT2D eigenvalue weighted by Crippen LogP contribution is -2.52. The first-order valence-electron chi connectivity index (χ1n) is 14.3. The Labute approximate surface area is 234 Å². The lowest BCUT2D eigenvalue weighted by atomic mass is 9.74. The third-order valence-electron chi connectivity index (χ3n) is 8.21. The van der Waals surface area contributed by atoms with E-state index in [9.17, 15) is 4.79 Å². The number of likely N-dealkylation sites (N-methyl/N-ethyl adjacent to an activating group) is 1. The molecule has 1 heterocycles. The van der Waals surface area contributed by atoms with E-state index in [0.29, 0.717) is 13.0 Å². The summed E-state index contributed by atoms with van der Waals surface area (Å²) < 4.78 is 7.17.